The van der Waals surface area contributed by atoms with Crippen LogP contribution >= 0.6 is 15.9 Å². The third-order valence-corrected chi connectivity index (χ3v) is 2.90. The maximum atomic E-state index is 3.40. The lowest BCUT2D eigenvalue weighted by atomic mass is 9.86. The molecule has 1 aromatic rings. The van der Waals surface area contributed by atoms with Crippen molar-refractivity contribution < 1.29 is 0 Å². The van der Waals surface area contributed by atoms with Crippen LogP contribution in [-0.2, 0) is 0 Å². The minimum Gasteiger partial charge on any atom is -0.0945 e. The van der Waals surface area contributed by atoms with Crippen molar-refractivity contribution in [1.29, 1.82) is 0 Å². The molecule has 0 unspecified atom stereocenters. The van der Waals surface area contributed by atoms with Gasteiger partial charge in [0.15, 0.2) is 0 Å². The highest BCUT2D eigenvalue weighted by Crippen LogP contribution is 2.25. The zero-order valence-electron chi connectivity index (χ0n) is 7.39. The fourth-order valence-corrected chi connectivity index (χ4v) is 1.54. The Morgan fingerprint density at radius 2 is 1.85 bits per heavy atom. The van der Waals surface area contributed by atoms with E-state index in [1.54, 1.807) is 0 Å². The van der Waals surface area contributed by atoms with Crippen LogP contribution in [0.4, 0.5) is 0 Å². The molecule has 1 heteroatoms. The van der Waals surface area contributed by atoms with Gasteiger partial charge in [0.05, 0.1) is 0 Å². The summed E-state index contributed by atoms with van der Waals surface area (Å²) in [5.74, 6) is 7.16. The summed E-state index contributed by atoms with van der Waals surface area (Å²) >= 11 is 3.40. The van der Waals surface area contributed by atoms with E-state index in [9.17, 15) is 0 Å². The predicted molar refractivity (Wildman–Crippen MR) is 58.4 cm³/mol. The fraction of sp³-hybridized carbons (Fsp3) is 0.333. The third kappa shape index (κ3) is 2.35. The largest absolute Gasteiger partial charge is 0.0945 e. The molecule has 0 aromatic heterocycles. The Kier molecular flexibility index (Phi) is 2.71. The number of hydrogen-bond acceptors (Lipinski definition) is 0. The van der Waals surface area contributed by atoms with E-state index in [4.69, 9.17) is 0 Å². The lowest BCUT2D eigenvalue weighted by molar-refractivity contribution is 0.401. The molecule has 0 nitrogen and oxygen atoms in total. The van der Waals surface area contributed by atoms with E-state index < -0.39 is 0 Å². The van der Waals surface area contributed by atoms with Gasteiger partial charge in [0.2, 0.25) is 0 Å². The van der Waals surface area contributed by atoms with Gasteiger partial charge in [0, 0.05) is 16.0 Å². The fourth-order valence-electron chi connectivity index (χ4n) is 1.27. The van der Waals surface area contributed by atoms with Gasteiger partial charge in [-0.15, -0.1) is 0 Å². The van der Waals surface area contributed by atoms with E-state index in [1.807, 2.05) is 12.1 Å². The first-order valence-electron chi connectivity index (χ1n) is 4.62. The average molecular weight is 235 g/mol. The van der Waals surface area contributed by atoms with Gasteiger partial charge in [0.1, 0.15) is 0 Å². The molecule has 0 N–H and O–H groups in total. The van der Waals surface area contributed by atoms with Crippen molar-refractivity contribution in [3.8, 4) is 11.8 Å². The highest BCUT2D eigenvalue weighted by molar-refractivity contribution is 9.10. The van der Waals surface area contributed by atoms with E-state index in [0.29, 0.717) is 5.92 Å². The second kappa shape index (κ2) is 3.98. The minimum absolute atomic E-state index is 0.670. The maximum Gasteiger partial charge on any atom is 0.0246 e. The van der Waals surface area contributed by atoms with Crippen LogP contribution < -0.4 is 0 Å². The Balaban J connectivity index is 2.06. The van der Waals surface area contributed by atoms with Crippen molar-refractivity contribution in [2.75, 3.05) is 0 Å². The van der Waals surface area contributed by atoms with Crippen molar-refractivity contribution in [3.63, 3.8) is 0 Å². The zero-order chi connectivity index (χ0) is 9.10. The molecule has 2 rings (SSSR count). The van der Waals surface area contributed by atoms with Gasteiger partial charge in [-0.3, -0.25) is 0 Å². The van der Waals surface area contributed by atoms with E-state index in [-0.39, 0.29) is 0 Å². The van der Waals surface area contributed by atoms with E-state index >= 15 is 0 Å². The molecule has 0 aliphatic heterocycles. The Labute approximate surface area is 87.5 Å². The Hall–Kier alpha value is -0.740. The SMILES string of the molecule is Brc1ccc(C#CC2CCC2)cc1. The molecule has 0 spiro atoms. The molecule has 0 amide bonds. The molecule has 0 bridgehead atoms. The van der Waals surface area contributed by atoms with Crippen LogP contribution in [0, 0.1) is 17.8 Å². The van der Waals surface area contributed by atoms with Crippen molar-refractivity contribution in [2.45, 2.75) is 19.3 Å². The summed E-state index contributed by atoms with van der Waals surface area (Å²) in [7, 11) is 0. The molecule has 1 aliphatic rings. The second-order valence-electron chi connectivity index (χ2n) is 3.40. The molecule has 1 saturated carbocycles. The van der Waals surface area contributed by atoms with Gasteiger partial charge in [0.25, 0.3) is 0 Å². The van der Waals surface area contributed by atoms with Gasteiger partial charge in [-0.25, -0.2) is 0 Å². The number of hydrogen-bond donors (Lipinski definition) is 0. The molecule has 0 atom stereocenters. The van der Waals surface area contributed by atoms with E-state index in [0.717, 1.165) is 10.0 Å². The molecule has 0 heterocycles. The van der Waals surface area contributed by atoms with Gasteiger partial charge < -0.3 is 0 Å². The van der Waals surface area contributed by atoms with Crippen LogP contribution in [0.2, 0.25) is 0 Å². The van der Waals surface area contributed by atoms with Crippen LogP contribution in [0.5, 0.6) is 0 Å². The summed E-state index contributed by atoms with van der Waals surface area (Å²) in [5, 5.41) is 0. The van der Waals surface area contributed by atoms with Crippen molar-refractivity contribution in [1.82, 2.24) is 0 Å². The summed E-state index contributed by atoms with van der Waals surface area (Å²) in [6, 6.07) is 8.17. The molecule has 66 valence electrons. The number of halogens is 1. The van der Waals surface area contributed by atoms with E-state index in [2.05, 4.69) is 39.9 Å². The van der Waals surface area contributed by atoms with Gasteiger partial charge in [-0.2, -0.15) is 0 Å². The number of rotatable bonds is 0. The summed E-state index contributed by atoms with van der Waals surface area (Å²) in [6.45, 7) is 0. The monoisotopic (exact) mass is 234 g/mol. The lowest BCUT2D eigenvalue weighted by Gasteiger charge is -2.18. The quantitative estimate of drug-likeness (QED) is 0.602. The molecule has 1 fully saturated rings. The second-order valence-corrected chi connectivity index (χ2v) is 4.32. The Morgan fingerprint density at radius 3 is 2.38 bits per heavy atom. The molecule has 0 radical (unpaired) electrons. The molecular formula is C12H11Br. The van der Waals surface area contributed by atoms with Crippen LogP contribution in [0.15, 0.2) is 28.7 Å². The maximum absolute atomic E-state index is 3.40. The summed E-state index contributed by atoms with van der Waals surface area (Å²) in [5.41, 5.74) is 1.12. The Morgan fingerprint density at radius 1 is 1.15 bits per heavy atom. The zero-order valence-corrected chi connectivity index (χ0v) is 8.97. The van der Waals surface area contributed by atoms with Crippen LogP contribution in [0.25, 0.3) is 0 Å². The summed E-state index contributed by atoms with van der Waals surface area (Å²) in [4.78, 5) is 0. The molecule has 13 heavy (non-hydrogen) atoms. The number of benzene rings is 1. The molecular weight excluding hydrogens is 224 g/mol. The molecule has 1 aliphatic carbocycles. The van der Waals surface area contributed by atoms with Crippen molar-refractivity contribution in [2.24, 2.45) is 5.92 Å². The highest BCUT2D eigenvalue weighted by atomic mass is 79.9. The Bertz CT molecular complexity index is 336. The molecule has 0 saturated heterocycles. The standard InChI is InChI=1S/C12H11Br/c13-12-8-6-11(7-9-12)5-4-10-2-1-3-10/h6-10H,1-3H2. The van der Waals surface area contributed by atoms with Crippen LogP contribution in [-0.4, -0.2) is 0 Å². The first-order chi connectivity index (χ1) is 6.34. The minimum atomic E-state index is 0.670. The highest BCUT2D eigenvalue weighted by Gasteiger charge is 2.13. The van der Waals surface area contributed by atoms with E-state index in [1.165, 1.54) is 19.3 Å². The van der Waals surface area contributed by atoms with Gasteiger partial charge >= 0.3 is 0 Å². The molecule has 1 aromatic carbocycles. The first kappa shape index (κ1) is 8.84. The normalized spacial score (nSPS) is 15.8. The summed E-state index contributed by atoms with van der Waals surface area (Å²) in [6.07, 6.45) is 3.95. The summed E-state index contributed by atoms with van der Waals surface area (Å²) < 4.78 is 1.11. The average Bonchev–Trinajstić information content (AvgIpc) is 2.05. The van der Waals surface area contributed by atoms with Gasteiger partial charge in [-0.1, -0.05) is 34.2 Å². The van der Waals surface area contributed by atoms with Crippen LogP contribution in [0.1, 0.15) is 24.8 Å². The van der Waals surface area contributed by atoms with Crippen molar-refractivity contribution in [3.05, 3.63) is 34.3 Å². The van der Waals surface area contributed by atoms with Crippen molar-refractivity contribution >= 4 is 15.9 Å². The smallest absolute Gasteiger partial charge is 0.0246 e. The third-order valence-electron chi connectivity index (χ3n) is 2.37. The predicted octanol–water partition coefficient (Wildman–Crippen LogP) is 3.60. The van der Waals surface area contributed by atoms with Crippen LogP contribution in [0.3, 0.4) is 0 Å². The first-order valence-corrected chi connectivity index (χ1v) is 5.41. The lowest BCUT2D eigenvalue weighted by Crippen LogP contribution is -2.07. The topological polar surface area (TPSA) is 0 Å². The van der Waals surface area contributed by atoms with Gasteiger partial charge in [-0.05, 0) is 37.1 Å².